The normalized spacial score (nSPS) is 13.0. The highest BCUT2D eigenvalue weighted by Gasteiger charge is 2.12. The van der Waals surface area contributed by atoms with Gasteiger partial charge in [0.2, 0.25) is 0 Å². The molecule has 0 aliphatic carbocycles. The number of benzene rings is 1. The van der Waals surface area contributed by atoms with Crippen LogP contribution in [0.1, 0.15) is 11.7 Å². The van der Waals surface area contributed by atoms with E-state index in [9.17, 15) is 8.78 Å². The van der Waals surface area contributed by atoms with E-state index in [0.717, 1.165) is 6.07 Å². The van der Waals surface area contributed by atoms with E-state index in [2.05, 4.69) is 15.9 Å². The first-order valence-corrected chi connectivity index (χ1v) is 4.14. The van der Waals surface area contributed by atoms with Crippen LogP contribution >= 0.6 is 15.9 Å². The summed E-state index contributed by atoms with van der Waals surface area (Å²) in [6.45, 7) is -0.637. The molecule has 1 rings (SSSR count). The van der Waals surface area contributed by atoms with Gasteiger partial charge in [-0.05, 0) is 18.2 Å². The van der Waals surface area contributed by atoms with E-state index in [1.54, 1.807) is 0 Å². The lowest BCUT2D eigenvalue weighted by Gasteiger charge is -2.06. The predicted molar refractivity (Wildman–Crippen MR) is 45.0 cm³/mol. The number of hydrogen-bond donors (Lipinski definition) is 1. The van der Waals surface area contributed by atoms with Crippen LogP contribution in [0.4, 0.5) is 8.78 Å². The van der Waals surface area contributed by atoms with Crippen molar-refractivity contribution >= 4 is 15.9 Å². The van der Waals surface area contributed by atoms with Crippen LogP contribution in [0, 0.1) is 5.82 Å². The van der Waals surface area contributed by atoms with Crippen LogP contribution < -0.4 is 0 Å². The number of alkyl halides is 1. The third-order valence-electron chi connectivity index (χ3n) is 1.46. The zero-order valence-electron chi connectivity index (χ0n) is 6.10. The van der Waals surface area contributed by atoms with Crippen molar-refractivity contribution in [3.8, 4) is 0 Å². The van der Waals surface area contributed by atoms with Gasteiger partial charge in [-0.1, -0.05) is 15.9 Å². The standard InChI is InChI=1S/C8H7BrF2O/c9-7-2-1-5(10)3-6(7)8(11)4-12/h1-3,8,12H,4H2. The zero-order valence-corrected chi connectivity index (χ0v) is 7.68. The van der Waals surface area contributed by atoms with Crippen molar-refractivity contribution in [2.75, 3.05) is 6.61 Å². The number of aliphatic hydroxyl groups excluding tert-OH is 1. The fourth-order valence-electron chi connectivity index (χ4n) is 0.853. The first-order chi connectivity index (χ1) is 5.65. The fraction of sp³-hybridized carbons (Fsp3) is 0.250. The molecule has 1 atom stereocenters. The van der Waals surface area contributed by atoms with Crippen LogP contribution in [0.3, 0.4) is 0 Å². The van der Waals surface area contributed by atoms with E-state index in [4.69, 9.17) is 5.11 Å². The highest BCUT2D eigenvalue weighted by atomic mass is 79.9. The lowest BCUT2D eigenvalue weighted by molar-refractivity contribution is 0.179. The molecule has 66 valence electrons. The Morgan fingerprint density at radius 2 is 2.17 bits per heavy atom. The highest BCUT2D eigenvalue weighted by molar-refractivity contribution is 9.10. The quantitative estimate of drug-likeness (QED) is 0.838. The third-order valence-corrected chi connectivity index (χ3v) is 2.18. The number of aliphatic hydroxyl groups is 1. The van der Waals surface area contributed by atoms with Crippen LogP contribution in [0.5, 0.6) is 0 Å². The van der Waals surface area contributed by atoms with Crippen molar-refractivity contribution in [1.82, 2.24) is 0 Å². The van der Waals surface area contributed by atoms with Crippen molar-refractivity contribution < 1.29 is 13.9 Å². The molecular weight excluding hydrogens is 230 g/mol. The SMILES string of the molecule is OCC(F)c1cc(F)ccc1Br. The van der Waals surface area contributed by atoms with Crippen molar-refractivity contribution in [2.24, 2.45) is 0 Å². The van der Waals surface area contributed by atoms with Crippen molar-refractivity contribution in [3.05, 3.63) is 34.1 Å². The second-order valence-electron chi connectivity index (χ2n) is 2.32. The fourth-order valence-corrected chi connectivity index (χ4v) is 1.35. The largest absolute Gasteiger partial charge is 0.393 e. The van der Waals surface area contributed by atoms with Gasteiger partial charge in [0.15, 0.2) is 0 Å². The summed E-state index contributed by atoms with van der Waals surface area (Å²) in [6.07, 6.45) is -1.53. The second-order valence-corrected chi connectivity index (χ2v) is 3.17. The summed E-state index contributed by atoms with van der Waals surface area (Å²) in [6, 6.07) is 3.69. The number of rotatable bonds is 2. The Hall–Kier alpha value is -0.480. The average molecular weight is 237 g/mol. The maximum absolute atomic E-state index is 12.9. The number of halogens is 3. The van der Waals surface area contributed by atoms with Gasteiger partial charge in [0, 0.05) is 10.0 Å². The maximum atomic E-state index is 12.9. The van der Waals surface area contributed by atoms with E-state index in [-0.39, 0.29) is 5.56 Å². The smallest absolute Gasteiger partial charge is 0.149 e. The van der Waals surface area contributed by atoms with E-state index >= 15 is 0 Å². The summed E-state index contributed by atoms with van der Waals surface area (Å²) in [5, 5.41) is 8.49. The molecule has 1 aromatic rings. The molecule has 0 saturated carbocycles. The minimum absolute atomic E-state index is 0.137. The molecule has 0 amide bonds. The second kappa shape index (κ2) is 3.96. The van der Waals surface area contributed by atoms with Gasteiger partial charge in [0.1, 0.15) is 12.0 Å². The molecule has 0 radical (unpaired) electrons. The summed E-state index contributed by atoms with van der Waals surface area (Å²) in [5.41, 5.74) is 0.137. The van der Waals surface area contributed by atoms with Crippen LogP contribution in [0.25, 0.3) is 0 Å². The molecule has 1 aromatic carbocycles. The molecule has 0 aliphatic rings. The van der Waals surface area contributed by atoms with Gasteiger partial charge < -0.3 is 5.11 Å². The lowest BCUT2D eigenvalue weighted by atomic mass is 10.1. The Morgan fingerprint density at radius 3 is 2.75 bits per heavy atom. The van der Waals surface area contributed by atoms with E-state index < -0.39 is 18.6 Å². The van der Waals surface area contributed by atoms with Gasteiger partial charge in [-0.25, -0.2) is 8.78 Å². The van der Waals surface area contributed by atoms with Gasteiger partial charge >= 0.3 is 0 Å². The summed E-state index contributed by atoms with van der Waals surface area (Å²) >= 11 is 3.05. The highest BCUT2D eigenvalue weighted by Crippen LogP contribution is 2.26. The zero-order chi connectivity index (χ0) is 9.14. The Labute approximate surface area is 77.2 Å². The van der Waals surface area contributed by atoms with Gasteiger partial charge in [0.05, 0.1) is 6.61 Å². The molecule has 0 bridgehead atoms. The van der Waals surface area contributed by atoms with E-state index in [0.29, 0.717) is 4.47 Å². The Balaban J connectivity index is 3.04. The molecule has 0 aliphatic heterocycles. The Morgan fingerprint density at radius 1 is 1.50 bits per heavy atom. The van der Waals surface area contributed by atoms with Gasteiger partial charge in [-0.15, -0.1) is 0 Å². The first-order valence-electron chi connectivity index (χ1n) is 3.35. The summed E-state index contributed by atoms with van der Waals surface area (Å²) in [4.78, 5) is 0. The molecule has 1 unspecified atom stereocenters. The minimum atomic E-state index is -1.53. The molecule has 1 N–H and O–H groups in total. The van der Waals surface area contributed by atoms with Gasteiger partial charge in [-0.3, -0.25) is 0 Å². The van der Waals surface area contributed by atoms with Crippen LogP contribution in [-0.4, -0.2) is 11.7 Å². The predicted octanol–water partition coefficient (Wildman–Crippen LogP) is 2.59. The van der Waals surface area contributed by atoms with Crippen LogP contribution in [0.15, 0.2) is 22.7 Å². The van der Waals surface area contributed by atoms with Crippen LogP contribution in [-0.2, 0) is 0 Å². The molecule has 1 nitrogen and oxygen atoms in total. The van der Waals surface area contributed by atoms with E-state index in [1.165, 1.54) is 12.1 Å². The molecule has 12 heavy (non-hydrogen) atoms. The topological polar surface area (TPSA) is 20.2 Å². The van der Waals surface area contributed by atoms with Gasteiger partial charge in [-0.2, -0.15) is 0 Å². The molecule has 0 heterocycles. The summed E-state index contributed by atoms with van der Waals surface area (Å²) < 4.78 is 25.9. The summed E-state index contributed by atoms with van der Waals surface area (Å²) in [7, 11) is 0. The van der Waals surface area contributed by atoms with Crippen molar-refractivity contribution in [1.29, 1.82) is 0 Å². The van der Waals surface area contributed by atoms with Crippen LogP contribution in [0.2, 0.25) is 0 Å². The molecular formula is C8H7BrF2O. The lowest BCUT2D eigenvalue weighted by Crippen LogP contribution is -1.98. The van der Waals surface area contributed by atoms with Crippen molar-refractivity contribution in [2.45, 2.75) is 6.17 Å². The molecule has 0 saturated heterocycles. The third kappa shape index (κ3) is 2.01. The molecule has 0 aromatic heterocycles. The Kier molecular flexibility index (Phi) is 3.17. The minimum Gasteiger partial charge on any atom is -0.393 e. The summed E-state index contributed by atoms with van der Waals surface area (Å²) in [5.74, 6) is -0.510. The van der Waals surface area contributed by atoms with E-state index in [1.807, 2.05) is 0 Å². The molecule has 4 heteroatoms. The average Bonchev–Trinajstić information content (AvgIpc) is 2.08. The Bertz CT molecular complexity index is 278. The van der Waals surface area contributed by atoms with Crippen molar-refractivity contribution in [3.63, 3.8) is 0 Å². The molecule has 0 spiro atoms. The van der Waals surface area contributed by atoms with Gasteiger partial charge in [0.25, 0.3) is 0 Å². The first kappa shape index (κ1) is 9.61. The number of hydrogen-bond acceptors (Lipinski definition) is 1. The monoisotopic (exact) mass is 236 g/mol. The molecule has 0 fully saturated rings. The maximum Gasteiger partial charge on any atom is 0.149 e.